The maximum Gasteiger partial charge on any atom is 0.261 e. The summed E-state index contributed by atoms with van der Waals surface area (Å²) in [5, 5.41) is 3.69. The van der Waals surface area contributed by atoms with Crippen molar-refractivity contribution in [3.8, 4) is 0 Å². The van der Waals surface area contributed by atoms with Crippen LogP contribution in [0, 0.1) is 6.92 Å². The summed E-state index contributed by atoms with van der Waals surface area (Å²) in [6.07, 6.45) is 0. The van der Waals surface area contributed by atoms with Crippen LogP contribution in [-0.2, 0) is 10.0 Å². The lowest BCUT2D eigenvalue weighted by Crippen LogP contribution is -2.14. The predicted octanol–water partition coefficient (Wildman–Crippen LogP) is 5.35. The van der Waals surface area contributed by atoms with E-state index in [-0.39, 0.29) is 10.8 Å². The summed E-state index contributed by atoms with van der Waals surface area (Å²) in [6, 6.07) is 17.3. The summed E-state index contributed by atoms with van der Waals surface area (Å²) in [5.74, 6) is -0.340. The van der Waals surface area contributed by atoms with Gasteiger partial charge in [-0.1, -0.05) is 29.3 Å². The highest BCUT2D eigenvalue weighted by Gasteiger charge is 2.16. The number of amides is 1. The Balaban J connectivity index is 1.75. The van der Waals surface area contributed by atoms with E-state index in [1.54, 1.807) is 49.4 Å². The Morgan fingerprint density at radius 3 is 2.21 bits per heavy atom. The molecule has 0 saturated carbocycles. The number of carbonyl (C=O) groups is 1. The standard InChI is InChI=1S/C20H16Cl2N2O3S/c1-13-11-16(22)5-10-19(13)24-28(26,27)18-8-6-17(7-9-18)23-20(25)14-3-2-4-15(21)12-14/h2-12,24H,1H3,(H,23,25). The molecule has 0 aliphatic rings. The largest absolute Gasteiger partial charge is 0.322 e. The fourth-order valence-electron chi connectivity index (χ4n) is 2.50. The van der Waals surface area contributed by atoms with Crippen molar-refractivity contribution in [2.24, 2.45) is 0 Å². The topological polar surface area (TPSA) is 75.3 Å². The third-order valence-corrected chi connectivity index (χ3v) is 5.79. The average Bonchev–Trinajstić information content (AvgIpc) is 2.64. The zero-order chi connectivity index (χ0) is 20.3. The molecule has 28 heavy (non-hydrogen) atoms. The van der Waals surface area contributed by atoms with E-state index in [0.29, 0.717) is 32.5 Å². The molecule has 1 amide bonds. The second kappa shape index (κ2) is 8.22. The summed E-state index contributed by atoms with van der Waals surface area (Å²) in [5.41, 5.74) is 2.03. The maximum absolute atomic E-state index is 12.6. The minimum Gasteiger partial charge on any atom is -0.322 e. The molecule has 8 heteroatoms. The van der Waals surface area contributed by atoms with Crippen molar-refractivity contribution >= 4 is 50.5 Å². The molecule has 0 aliphatic carbocycles. The van der Waals surface area contributed by atoms with Crippen LogP contribution in [0.1, 0.15) is 15.9 Å². The molecule has 0 atom stereocenters. The van der Waals surface area contributed by atoms with Gasteiger partial charge in [0.25, 0.3) is 15.9 Å². The van der Waals surface area contributed by atoms with Crippen molar-refractivity contribution in [1.29, 1.82) is 0 Å². The van der Waals surface area contributed by atoms with Crippen molar-refractivity contribution in [2.75, 3.05) is 10.0 Å². The van der Waals surface area contributed by atoms with Gasteiger partial charge in [0.05, 0.1) is 10.6 Å². The van der Waals surface area contributed by atoms with Crippen LogP contribution in [0.3, 0.4) is 0 Å². The maximum atomic E-state index is 12.6. The summed E-state index contributed by atoms with van der Waals surface area (Å²) >= 11 is 11.8. The Morgan fingerprint density at radius 1 is 0.893 bits per heavy atom. The molecule has 0 aromatic heterocycles. The first-order chi connectivity index (χ1) is 13.2. The molecule has 144 valence electrons. The first-order valence-electron chi connectivity index (χ1n) is 8.20. The fraction of sp³-hybridized carbons (Fsp3) is 0.0500. The third-order valence-electron chi connectivity index (χ3n) is 3.94. The van der Waals surface area contributed by atoms with Crippen LogP contribution in [0.2, 0.25) is 10.0 Å². The summed E-state index contributed by atoms with van der Waals surface area (Å²) in [7, 11) is -3.77. The van der Waals surface area contributed by atoms with Gasteiger partial charge in [0.1, 0.15) is 0 Å². The Labute approximate surface area is 173 Å². The van der Waals surface area contributed by atoms with Gasteiger partial charge in [-0.25, -0.2) is 8.42 Å². The number of anilines is 2. The zero-order valence-corrected chi connectivity index (χ0v) is 17.1. The Hall–Kier alpha value is -2.54. The molecule has 3 aromatic rings. The summed E-state index contributed by atoms with van der Waals surface area (Å²) < 4.78 is 27.7. The predicted molar refractivity (Wildman–Crippen MR) is 113 cm³/mol. The van der Waals surface area contributed by atoms with Gasteiger partial charge in [-0.3, -0.25) is 9.52 Å². The highest BCUT2D eigenvalue weighted by Crippen LogP contribution is 2.23. The Kier molecular flexibility index (Phi) is 5.93. The van der Waals surface area contributed by atoms with Gasteiger partial charge in [0.15, 0.2) is 0 Å². The zero-order valence-electron chi connectivity index (χ0n) is 14.7. The van der Waals surface area contributed by atoms with Crippen LogP contribution < -0.4 is 10.0 Å². The molecule has 3 aromatic carbocycles. The van der Waals surface area contributed by atoms with E-state index >= 15 is 0 Å². The second-order valence-electron chi connectivity index (χ2n) is 6.05. The minimum absolute atomic E-state index is 0.0719. The lowest BCUT2D eigenvalue weighted by Gasteiger charge is -2.11. The smallest absolute Gasteiger partial charge is 0.261 e. The fourth-order valence-corrected chi connectivity index (χ4v) is 4.04. The third kappa shape index (κ3) is 4.84. The molecule has 2 N–H and O–H groups in total. The number of carbonyl (C=O) groups excluding carboxylic acids is 1. The minimum atomic E-state index is -3.77. The molecular weight excluding hydrogens is 419 g/mol. The van der Waals surface area contributed by atoms with Crippen LogP contribution in [0.15, 0.2) is 71.6 Å². The van der Waals surface area contributed by atoms with Gasteiger partial charge >= 0.3 is 0 Å². The number of hydrogen-bond acceptors (Lipinski definition) is 3. The van der Waals surface area contributed by atoms with Crippen LogP contribution in [-0.4, -0.2) is 14.3 Å². The number of aryl methyl sites for hydroxylation is 1. The van der Waals surface area contributed by atoms with Crippen molar-refractivity contribution in [3.63, 3.8) is 0 Å². The van der Waals surface area contributed by atoms with E-state index in [1.165, 1.54) is 24.3 Å². The van der Waals surface area contributed by atoms with Crippen molar-refractivity contribution < 1.29 is 13.2 Å². The first-order valence-corrected chi connectivity index (χ1v) is 10.4. The number of sulfonamides is 1. The van der Waals surface area contributed by atoms with E-state index in [2.05, 4.69) is 10.0 Å². The first kappa shape index (κ1) is 20.2. The highest BCUT2D eigenvalue weighted by atomic mass is 35.5. The molecule has 0 bridgehead atoms. The van der Waals surface area contributed by atoms with E-state index in [9.17, 15) is 13.2 Å². The van der Waals surface area contributed by atoms with E-state index in [4.69, 9.17) is 23.2 Å². The molecule has 0 spiro atoms. The molecule has 0 unspecified atom stereocenters. The number of hydrogen-bond donors (Lipinski definition) is 2. The molecule has 0 saturated heterocycles. The van der Waals surface area contributed by atoms with Gasteiger partial charge in [0.2, 0.25) is 0 Å². The SMILES string of the molecule is Cc1cc(Cl)ccc1NS(=O)(=O)c1ccc(NC(=O)c2cccc(Cl)c2)cc1. The van der Waals surface area contributed by atoms with Gasteiger partial charge in [0, 0.05) is 21.3 Å². The van der Waals surface area contributed by atoms with E-state index in [1.807, 2.05) is 0 Å². The summed E-state index contributed by atoms with van der Waals surface area (Å²) in [6.45, 7) is 1.76. The van der Waals surface area contributed by atoms with Gasteiger partial charge in [-0.2, -0.15) is 0 Å². The molecular formula is C20H16Cl2N2O3S. The molecule has 0 heterocycles. The van der Waals surface area contributed by atoms with Gasteiger partial charge in [-0.05, 0) is 73.2 Å². The number of benzene rings is 3. The normalized spacial score (nSPS) is 11.1. The van der Waals surface area contributed by atoms with Gasteiger partial charge < -0.3 is 5.32 Å². The molecule has 5 nitrogen and oxygen atoms in total. The number of rotatable bonds is 5. The van der Waals surface area contributed by atoms with Gasteiger partial charge in [-0.15, -0.1) is 0 Å². The monoisotopic (exact) mass is 434 g/mol. The number of nitrogens with one attached hydrogen (secondary N) is 2. The Bertz CT molecular complexity index is 1130. The molecule has 0 fully saturated rings. The van der Waals surface area contributed by atoms with Crippen molar-refractivity contribution in [3.05, 3.63) is 87.9 Å². The van der Waals surface area contributed by atoms with Crippen molar-refractivity contribution in [1.82, 2.24) is 0 Å². The van der Waals surface area contributed by atoms with E-state index in [0.717, 1.165) is 0 Å². The van der Waals surface area contributed by atoms with Crippen LogP contribution >= 0.6 is 23.2 Å². The molecule has 0 radical (unpaired) electrons. The summed E-state index contributed by atoms with van der Waals surface area (Å²) in [4.78, 5) is 12.3. The highest BCUT2D eigenvalue weighted by molar-refractivity contribution is 7.92. The Morgan fingerprint density at radius 2 is 1.57 bits per heavy atom. The molecule has 0 aliphatic heterocycles. The second-order valence-corrected chi connectivity index (χ2v) is 8.61. The average molecular weight is 435 g/mol. The van der Waals surface area contributed by atoms with Crippen LogP contribution in [0.25, 0.3) is 0 Å². The quantitative estimate of drug-likeness (QED) is 0.567. The lowest BCUT2D eigenvalue weighted by molar-refractivity contribution is 0.102. The number of halogens is 2. The lowest BCUT2D eigenvalue weighted by atomic mass is 10.2. The van der Waals surface area contributed by atoms with Crippen molar-refractivity contribution in [2.45, 2.75) is 11.8 Å². The molecule has 3 rings (SSSR count). The van der Waals surface area contributed by atoms with Crippen LogP contribution in [0.5, 0.6) is 0 Å². The van der Waals surface area contributed by atoms with Crippen LogP contribution in [0.4, 0.5) is 11.4 Å². The van der Waals surface area contributed by atoms with E-state index < -0.39 is 10.0 Å².